The molecule has 1 aromatic rings. The van der Waals surface area contributed by atoms with E-state index in [1.165, 1.54) is 24.0 Å². The molecule has 84 valence electrons. The van der Waals surface area contributed by atoms with Crippen molar-refractivity contribution in [3.63, 3.8) is 0 Å². The standard InChI is InChI=1S/C16H20/c1-6-12-8-7-9-13-14(12)16(4,5)11-10-15(13,2)3/h1,7-9H,10-11H2,2-5H3. The second kappa shape index (κ2) is 3.39. The van der Waals surface area contributed by atoms with Crippen LogP contribution in [0.1, 0.15) is 57.2 Å². The summed E-state index contributed by atoms with van der Waals surface area (Å²) in [4.78, 5) is 0. The number of hydrogen-bond acceptors (Lipinski definition) is 0. The fourth-order valence-corrected chi connectivity index (χ4v) is 2.85. The smallest absolute Gasteiger partial charge is 0.0283 e. The number of rotatable bonds is 0. The van der Waals surface area contributed by atoms with E-state index in [4.69, 9.17) is 6.42 Å². The van der Waals surface area contributed by atoms with Gasteiger partial charge in [-0.15, -0.1) is 6.42 Å². The van der Waals surface area contributed by atoms with Crippen LogP contribution < -0.4 is 0 Å². The van der Waals surface area contributed by atoms with Gasteiger partial charge in [-0.3, -0.25) is 0 Å². The highest BCUT2D eigenvalue weighted by Gasteiger charge is 2.38. The Balaban J connectivity index is 2.75. The number of benzene rings is 1. The Hall–Kier alpha value is -1.22. The van der Waals surface area contributed by atoms with Gasteiger partial charge in [0.05, 0.1) is 0 Å². The van der Waals surface area contributed by atoms with Crippen LogP contribution in [0.4, 0.5) is 0 Å². The third-order valence-corrected chi connectivity index (χ3v) is 4.00. The van der Waals surface area contributed by atoms with Crippen LogP contribution in [-0.2, 0) is 10.8 Å². The Bertz CT molecular complexity index is 455. The SMILES string of the molecule is C#Cc1cccc2c1C(C)(C)CCC2(C)C. The summed E-state index contributed by atoms with van der Waals surface area (Å²) in [5.41, 5.74) is 4.40. The number of terminal acetylenes is 1. The molecule has 0 amide bonds. The van der Waals surface area contributed by atoms with Crippen molar-refractivity contribution in [2.24, 2.45) is 0 Å². The monoisotopic (exact) mass is 212 g/mol. The summed E-state index contributed by atoms with van der Waals surface area (Å²) in [6, 6.07) is 6.41. The zero-order valence-electron chi connectivity index (χ0n) is 10.7. The van der Waals surface area contributed by atoms with Crippen LogP contribution in [0.25, 0.3) is 0 Å². The van der Waals surface area contributed by atoms with E-state index in [0.717, 1.165) is 5.56 Å². The predicted octanol–water partition coefficient (Wildman–Crippen LogP) is 4.02. The maximum absolute atomic E-state index is 5.63. The number of hydrogen-bond donors (Lipinski definition) is 0. The van der Waals surface area contributed by atoms with Crippen LogP contribution in [-0.4, -0.2) is 0 Å². The lowest BCUT2D eigenvalue weighted by atomic mass is 9.62. The van der Waals surface area contributed by atoms with Crippen LogP contribution in [0.2, 0.25) is 0 Å². The van der Waals surface area contributed by atoms with Gasteiger partial charge >= 0.3 is 0 Å². The van der Waals surface area contributed by atoms with Gasteiger partial charge < -0.3 is 0 Å². The van der Waals surface area contributed by atoms with Crippen LogP contribution >= 0.6 is 0 Å². The highest BCUT2D eigenvalue weighted by atomic mass is 14.4. The van der Waals surface area contributed by atoms with Gasteiger partial charge in [0.2, 0.25) is 0 Å². The minimum absolute atomic E-state index is 0.216. The quantitative estimate of drug-likeness (QED) is 0.570. The molecule has 0 heterocycles. The molecule has 0 saturated carbocycles. The Labute approximate surface area is 99.1 Å². The van der Waals surface area contributed by atoms with E-state index in [-0.39, 0.29) is 10.8 Å². The lowest BCUT2D eigenvalue weighted by molar-refractivity contribution is 0.331. The van der Waals surface area contributed by atoms with Crippen LogP contribution in [0.15, 0.2) is 18.2 Å². The molecule has 0 aromatic heterocycles. The summed E-state index contributed by atoms with van der Waals surface area (Å²) in [5, 5.41) is 0. The van der Waals surface area contributed by atoms with Gasteiger partial charge in [0.15, 0.2) is 0 Å². The normalized spacial score (nSPS) is 20.9. The molecule has 2 rings (SSSR count). The van der Waals surface area contributed by atoms with E-state index in [2.05, 4.69) is 51.8 Å². The van der Waals surface area contributed by atoms with E-state index in [1.807, 2.05) is 0 Å². The van der Waals surface area contributed by atoms with E-state index in [9.17, 15) is 0 Å². The van der Waals surface area contributed by atoms with Crippen molar-refractivity contribution in [1.29, 1.82) is 0 Å². The minimum Gasteiger partial charge on any atom is -0.115 e. The molecule has 0 radical (unpaired) electrons. The first-order valence-electron chi connectivity index (χ1n) is 5.99. The predicted molar refractivity (Wildman–Crippen MR) is 69.7 cm³/mol. The zero-order chi connectivity index (χ0) is 12.0. The molecule has 0 bridgehead atoms. The molecule has 0 atom stereocenters. The van der Waals surface area contributed by atoms with Crippen molar-refractivity contribution < 1.29 is 0 Å². The second-order valence-electron chi connectivity index (χ2n) is 6.14. The third-order valence-electron chi connectivity index (χ3n) is 4.00. The molecule has 16 heavy (non-hydrogen) atoms. The first kappa shape index (κ1) is 11.3. The lowest BCUT2D eigenvalue weighted by Gasteiger charge is -2.42. The molecular formula is C16H20. The van der Waals surface area contributed by atoms with E-state index >= 15 is 0 Å². The van der Waals surface area contributed by atoms with Crippen molar-refractivity contribution in [2.45, 2.75) is 51.4 Å². The van der Waals surface area contributed by atoms with Gasteiger partial charge in [-0.05, 0) is 40.9 Å². The molecule has 0 unspecified atom stereocenters. The first-order chi connectivity index (χ1) is 7.38. The van der Waals surface area contributed by atoms with Gasteiger partial charge in [0, 0.05) is 5.56 Å². The molecule has 0 aliphatic heterocycles. The Morgan fingerprint density at radius 2 is 1.69 bits per heavy atom. The van der Waals surface area contributed by atoms with Gasteiger partial charge in [-0.25, -0.2) is 0 Å². The summed E-state index contributed by atoms with van der Waals surface area (Å²) in [7, 11) is 0. The molecule has 0 fully saturated rings. The van der Waals surface area contributed by atoms with Crippen LogP contribution in [0.3, 0.4) is 0 Å². The summed E-state index contributed by atoms with van der Waals surface area (Å²) in [6.07, 6.45) is 8.08. The minimum atomic E-state index is 0.216. The summed E-state index contributed by atoms with van der Waals surface area (Å²) in [6.45, 7) is 9.26. The Morgan fingerprint density at radius 1 is 1.06 bits per heavy atom. The fourth-order valence-electron chi connectivity index (χ4n) is 2.85. The third kappa shape index (κ3) is 1.55. The molecule has 0 heteroatoms. The highest BCUT2D eigenvalue weighted by Crippen LogP contribution is 2.46. The van der Waals surface area contributed by atoms with E-state index in [0.29, 0.717) is 0 Å². The number of fused-ring (bicyclic) bond motifs is 1. The molecular weight excluding hydrogens is 192 g/mol. The topological polar surface area (TPSA) is 0 Å². The molecule has 0 spiro atoms. The van der Waals surface area contributed by atoms with Crippen molar-refractivity contribution >= 4 is 0 Å². The second-order valence-corrected chi connectivity index (χ2v) is 6.14. The average Bonchev–Trinajstić information content (AvgIpc) is 2.24. The van der Waals surface area contributed by atoms with Crippen LogP contribution in [0.5, 0.6) is 0 Å². The first-order valence-corrected chi connectivity index (χ1v) is 5.99. The largest absolute Gasteiger partial charge is 0.115 e. The summed E-state index contributed by atoms with van der Waals surface area (Å²) >= 11 is 0. The van der Waals surface area contributed by atoms with Crippen LogP contribution in [0, 0.1) is 12.3 Å². The van der Waals surface area contributed by atoms with Crippen molar-refractivity contribution in [2.75, 3.05) is 0 Å². The molecule has 1 aromatic carbocycles. The average molecular weight is 212 g/mol. The van der Waals surface area contributed by atoms with Gasteiger partial charge in [0.25, 0.3) is 0 Å². The van der Waals surface area contributed by atoms with Crippen molar-refractivity contribution in [3.05, 3.63) is 34.9 Å². The Kier molecular flexibility index (Phi) is 2.39. The maximum Gasteiger partial charge on any atom is 0.0283 e. The fraction of sp³-hybridized carbons (Fsp3) is 0.500. The summed E-state index contributed by atoms with van der Waals surface area (Å²) in [5.74, 6) is 2.85. The molecule has 0 saturated heterocycles. The van der Waals surface area contributed by atoms with Crippen molar-refractivity contribution in [3.8, 4) is 12.3 Å². The van der Waals surface area contributed by atoms with Gasteiger partial charge in [-0.1, -0.05) is 45.7 Å². The molecule has 0 nitrogen and oxygen atoms in total. The van der Waals surface area contributed by atoms with Gasteiger partial charge in [-0.2, -0.15) is 0 Å². The molecule has 0 N–H and O–H groups in total. The lowest BCUT2D eigenvalue weighted by Crippen LogP contribution is -2.34. The maximum atomic E-state index is 5.63. The van der Waals surface area contributed by atoms with Gasteiger partial charge in [0.1, 0.15) is 0 Å². The molecule has 1 aliphatic carbocycles. The van der Waals surface area contributed by atoms with E-state index < -0.39 is 0 Å². The van der Waals surface area contributed by atoms with E-state index in [1.54, 1.807) is 0 Å². The van der Waals surface area contributed by atoms with Crippen molar-refractivity contribution in [1.82, 2.24) is 0 Å². The summed E-state index contributed by atoms with van der Waals surface area (Å²) < 4.78 is 0. The Morgan fingerprint density at radius 3 is 2.31 bits per heavy atom. The molecule has 1 aliphatic rings. The zero-order valence-corrected chi connectivity index (χ0v) is 10.7. The highest BCUT2D eigenvalue weighted by molar-refractivity contribution is 5.52.